The number of alkyl halides is 1. The molecule has 2 aromatic carbocycles. The maximum absolute atomic E-state index is 14.5. The predicted octanol–water partition coefficient (Wildman–Crippen LogP) is 3.75. The van der Waals surface area contributed by atoms with E-state index in [1.54, 1.807) is 18.2 Å². The number of likely N-dealkylation sites (tertiary alicyclic amines) is 1. The minimum absolute atomic E-state index is 0.0492. The van der Waals surface area contributed by atoms with Gasteiger partial charge in [-0.3, -0.25) is 0 Å². The van der Waals surface area contributed by atoms with E-state index < -0.39 is 22.1 Å². The quantitative estimate of drug-likeness (QED) is 0.670. The smallest absolute Gasteiger partial charge is 0.210 e. The van der Waals surface area contributed by atoms with Crippen molar-refractivity contribution in [2.45, 2.75) is 28.4 Å². The van der Waals surface area contributed by atoms with Crippen molar-refractivity contribution in [2.24, 2.45) is 0 Å². The van der Waals surface area contributed by atoms with Gasteiger partial charge in [-0.1, -0.05) is 15.9 Å². The number of halogens is 2. The van der Waals surface area contributed by atoms with Gasteiger partial charge in [-0.2, -0.15) is 0 Å². The molecule has 3 rings (SSSR count). The van der Waals surface area contributed by atoms with Crippen LogP contribution in [0.2, 0.25) is 0 Å². The van der Waals surface area contributed by atoms with Gasteiger partial charge in [-0.05, 0) is 49.9 Å². The molecular formula is C20H24BrFN2O4S. The topological polar surface area (TPSA) is 67.9 Å². The zero-order valence-electron chi connectivity index (χ0n) is 16.5. The lowest BCUT2D eigenvalue weighted by Gasteiger charge is -2.33. The molecule has 1 aliphatic rings. The number of ether oxygens (including phenoxy) is 2. The summed E-state index contributed by atoms with van der Waals surface area (Å²) in [7, 11) is 0.925. The molecule has 9 heteroatoms. The van der Waals surface area contributed by atoms with Crippen molar-refractivity contribution in [1.82, 2.24) is 4.90 Å². The van der Waals surface area contributed by atoms with Crippen LogP contribution in [-0.4, -0.2) is 59.9 Å². The molecule has 2 unspecified atom stereocenters. The number of benzene rings is 2. The van der Waals surface area contributed by atoms with Crippen molar-refractivity contribution >= 4 is 31.5 Å². The highest BCUT2D eigenvalue weighted by atomic mass is 79.9. The summed E-state index contributed by atoms with van der Waals surface area (Å²) in [6.45, 7) is 1.08. The number of sulfone groups is 1. The van der Waals surface area contributed by atoms with Crippen LogP contribution in [0, 0.1) is 0 Å². The first kappa shape index (κ1) is 21.9. The van der Waals surface area contributed by atoms with E-state index in [2.05, 4.69) is 21.2 Å². The van der Waals surface area contributed by atoms with Crippen LogP contribution in [0.4, 0.5) is 10.1 Å². The van der Waals surface area contributed by atoms with Crippen molar-refractivity contribution in [3.05, 3.63) is 40.9 Å². The molecule has 1 aliphatic heterocycles. The first-order valence-electron chi connectivity index (χ1n) is 9.12. The van der Waals surface area contributed by atoms with E-state index in [9.17, 15) is 12.8 Å². The summed E-state index contributed by atoms with van der Waals surface area (Å²) in [6, 6.07) is 8.91. The number of rotatable bonds is 6. The third-order valence-electron chi connectivity index (χ3n) is 4.98. The van der Waals surface area contributed by atoms with Crippen LogP contribution in [0.5, 0.6) is 11.5 Å². The Morgan fingerprint density at radius 2 is 1.83 bits per heavy atom. The molecule has 158 valence electrons. The molecule has 0 aliphatic carbocycles. The van der Waals surface area contributed by atoms with Gasteiger partial charge in [-0.15, -0.1) is 0 Å². The van der Waals surface area contributed by atoms with Crippen LogP contribution >= 0.6 is 15.9 Å². The lowest BCUT2D eigenvalue weighted by atomic mass is 10.0. The maximum Gasteiger partial charge on any atom is 0.210 e. The first-order chi connectivity index (χ1) is 13.8. The highest BCUT2D eigenvalue weighted by Crippen LogP contribution is 2.36. The van der Waals surface area contributed by atoms with Crippen molar-refractivity contribution in [1.29, 1.82) is 0 Å². The highest BCUT2D eigenvalue weighted by Gasteiger charge is 2.29. The SMILES string of the molecule is COc1ccc(S(=O)(=O)c2cc(Br)ccc2OC)cc1NC1CCN(C)CC1F. The van der Waals surface area contributed by atoms with Gasteiger partial charge in [0, 0.05) is 17.6 Å². The van der Waals surface area contributed by atoms with Crippen LogP contribution in [0.3, 0.4) is 0 Å². The third kappa shape index (κ3) is 4.67. The Hall–Kier alpha value is -1.84. The van der Waals surface area contributed by atoms with E-state index in [0.717, 1.165) is 6.54 Å². The molecule has 1 saturated heterocycles. The van der Waals surface area contributed by atoms with Crippen molar-refractivity contribution < 1.29 is 22.3 Å². The van der Waals surface area contributed by atoms with Gasteiger partial charge in [0.05, 0.1) is 30.8 Å². The summed E-state index contributed by atoms with van der Waals surface area (Å²) in [6.07, 6.45) is -0.457. The third-order valence-corrected chi connectivity index (χ3v) is 7.25. The molecule has 0 amide bonds. The van der Waals surface area contributed by atoms with Crippen molar-refractivity contribution in [2.75, 3.05) is 39.7 Å². The fraction of sp³-hybridized carbons (Fsp3) is 0.400. The molecule has 6 nitrogen and oxygen atoms in total. The van der Waals surface area contributed by atoms with E-state index in [4.69, 9.17) is 9.47 Å². The average molecular weight is 487 g/mol. The Labute approximate surface area is 179 Å². The lowest BCUT2D eigenvalue weighted by molar-refractivity contribution is 0.149. The molecule has 2 atom stereocenters. The van der Waals surface area contributed by atoms with Gasteiger partial charge < -0.3 is 19.7 Å². The second-order valence-corrected chi connectivity index (χ2v) is 9.81. The van der Waals surface area contributed by atoms with Gasteiger partial charge in [0.15, 0.2) is 0 Å². The molecule has 0 spiro atoms. The average Bonchev–Trinajstić information content (AvgIpc) is 2.70. The second-order valence-electron chi connectivity index (χ2n) is 6.98. The summed E-state index contributed by atoms with van der Waals surface area (Å²) in [5.74, 6) is 0.703. The van der Waals surface area contributed by atoms with Gasteiger partial charge in [0.25, 0.3) is 0 Å². The molecular weight excluding hydrogens is 463 g/mol. The first-order valence-corrected chi connectivity index (χ1v) is 11.4. The monoisotopic (exact) mass is 486 g/mol. The zero-order valence-corrected chi connectivity index (χ0v) is 18.9. The molecule has 0 radical (unpaired) electrons. The summed E-state index contributed by atoms with van der Waals surface area (Å²) in [5.41, 5.74) is 0.444. The van der Waals surface area contributed by atoms with E-state index in [0.29, 0.717) is 28.9 Å². The Morgan fingerprint density at radius 3 is 2.48 bits per heavy atom. The zero-order chi connectivity index (χ0) is 21.2. The summed E-state index contributed by atoms with van der Waals surface area (Å²) >= 11 is 3.31. The molecule has 1 heterocycles. The van der Waals surface area contributed by atoms with Crippen LogP contribution in [0.25, 0.3) is 0 Å². The number of hydrogen-bond acceptors (Lipinski definition) is 6. The summed E-state index contributed by atoms with van der Waals surface area (Å²) < 4.78 is 52.2. The largest absolute Gasteiger partial charge is 0.495 e. The number of nitrogens with zero attached hydrogens (tertiary/aromatic N) is 1. The maximum atomic E-state index is 14.5. The Bertz CT molecular complexity index is 986. The molecule has 0 saturated carbocycles. The highest BCUT2D eigenvalue weighted by molar-refractivity contribution is 9.10. The van der Waals surface area contributed by atoms with Crippen LogP contribution in [0.1, 0.15) is 6.42 Å². The summed E-state index contributed by atoms with van der Waals surface area (Å²) in [4.78, 5) is 2.05. The van der Waals surface area contributed by atoms with Crippen molar-refractivity contribution in [3.8, 4) is 11.5 Å². The summed E-state index contributed by atoms with van der Waals surface area (Å²) in [5, 5.41) is 3.14. The van der Waals surface area contributed by atoms with Crippen LogP contribution < -0.4 is 14.8 Å². The minimum Gasteiger partial charge on any atom is -0.495 e. The van der Waals surface area contributed by atoms with Gasteiger partial charge in [0.2, 0.25) is 9.84 Å². The number of piperidine rings is 1. The minimum atomic E-state index is -3.87. The van der Waals surface area contributed by atoms with E-state index in [1.807, 2.05) is 11.9 Å². The van der Waals surface area contributed by atoms with E-state index in [1.165, 1.54) is 32.4 Å². The van der Waals surface area contributed by atoms with Gasteiger partial charge >= 0.3 is 0 Å². The second kappa shape index (κ2) is 8.89. The van der Waals surface area contributed by atoms with Crippen LogP contribution in [0.15, 0.2) is 50.7 Å². The number of methoxy groups -OCH3 is 2. The molecule has 0 bridgehead atoms. The molecule has 1 fully saturated rings. The van der Waals surface area contributed by atoms with E-state index >= 15 is 0 Å². The number of anilines is 1. The van der Waals surface area contributed by atoms with Crippen LogP contribution in [-0.2, 0) is 9.84 Å². The Morgan fingerprint density at radius 1 is 1.14 bits per heavy atom. The van der Waals surface area contributed by atoms with Gasteiger partial charge in [-0.25, -0.2) is 12.8 Å². The van der Waals surface area contributed by atoms with Crippen molar-refractivity contribution in [3.63, 3.8) is 0 Å². The Balaban J connectivity index is 1.99. The normalized spacial score (nSPS) is 20.3. The Kier molecular flexibility index (Phi) is 6.70. The van der Waals surface area contributed by atoms with Gasteiger partial charge in [0.1, 0.15) is 22.6 Å². The number of nitrogens with one attached hydrogen (secondary N) is 1. The fourth-order valence-corrected chi connectivity index (χ4v) is 5.36. The molecule has 1 N–H and O–H groups in total. The van der Waals surface area contributed by atoms with E-state index in [-0.39, 0.29) is 15.5 Å². The fourth-order valence-electron chi connectivity index (χ4n) is 3.37. The predicted molar refractivity (Wildman–Crippen MR) is 114 cm³/mol. The lowest BCUT2D eigenvalue weighted by Crippen LogP contribution is -2.46. The number of hydrogen-bond donors (Lipinski definition) is 1. The standard InChI is InChI=1S/C20H24BrFN2O4S/c1-24-9-8-16(15(22)12-24)23-17-11-14(5-7-18(17)27-2)29(25,26)20-10-13(21)4-6-19(20)28-3/h4-7,10-11,15-16,23H,8-9,12H2,1-3H3. The molecule has 0 aromatic heterocycles. The molecule has 29 heavy (non-hydrogen) atoms. The molecule has 2 aromatic rings.